The predicted molar refractivity (Wildman–Crippen MR) is 119 cm³/mol. The minimum atomic E-state index is -1.37. The Morgan fingerprint density at radius 2 is 1.82 bits per heavy atom. The number of amides is 1. The van der Waals surface area contributed by atoms with Crippen LogP contribution >= 0.6 is 0 Å². The first-order chi connectivity index (χ1) is 15.9. The van der Waals surface area contributed by atoms with Crippen molar-refractivity contribution in [3.05, 3.63) is 57.5 Å². The van der Waals surface area contributed by atoms with Gasteiger partial charge in [0.25, 0.3) is 11.5 Å². The molecule has 172 valence electrons. The number of carboxylic acid groups (broad SMARTS) is 1. The number of aromatic carboxylic acids is 1. The van der Waals surface area contributed by atoms with Crippen LogP contribution in [0.15, 0.2) is 35.1 Å². The quantitative estimate of drug-likeness (QED) is 0.597. The Morgan fingerprint density at radius 3 is 2.45 bits per heavy atom. The number of hydrogen-bond donors (Lipinski definition) is 2. The van der Waals surface area contributed by atoms with E-state index in [1.165, 1.54) is 42.2 Å². The molecule has 0 unspecified atom stereocenters. The number of alkyl halides is 1. The molecule has 2 N–H and O–H groups in total. The predicted octanol–water partition coefficient (Wildman–Crippen LogP) is 3.16. The molecule has 0 bridgehead atoms. The number of nitrogens with zero attached hydrogens (tertiary/aromatic N) is 3. The van der Waals surface area contributed by atoms with Crippen LogP contribution in [-0.2, 0) is 6.42 Å². The number of carbonyl (C=O) groups is 2. The minimum absolute atomic E-state index is 0.0429. The smallest absolute Gasteiger partial charge is 0.354 e. The lowest BCUT2D eigenvalue weighted by atomic mass is 9.97. The second-order valence-corrected chi connectivity index (χ2v) is 9.09. The van der Waals surface area contributed by atoms with Crippen LogP contribution < -0.4 is 5.56 Å². The lowest BCUT2D eigenvalue weighted by molar-refractivity contribution is 0.0447. The Balaban J connectivity index is 1.51. The summed E-state index contributed by atoms with van der Waals surface area (Å²) in [5.74, 6) is -1.48. The highest BCUT2D eigenvalue weighted by Gasteiger charge is 2.36. The maximum absolute atomic E-state index is 13.0. The van der Waals surface area contributed by atoms with Crippen molar-refractivity contribution in [3.8, 4) is 11.3 Å². The van der Waals surface area contributed by atoms with Crippen molar-refractivity contribution >= 4 is 17.5 Å². The monoisotopic (exact) mass is 452 g/mol. The number of carbonyl (C=O) groups excluding carboxylic acids is 1. The van der Waals surface area contributed by atoms with Crippen molar-refractivity contribution in [2.45, 2.75) is 32.1 Å². The maximum Gasteiger partial charge on any atom is 0.354 e. The van der Waals surface area contributed by atoms with Gasteiger partial charge in [0.2, 0.25) is 0 Å². The molecule has 33 heavy (non-hydrogen) atoms. The number of fused-ring (bicyclic) bond motifs is 1. The summed E-state index contributed by atoms with van der Waals surface area (Å²) in [5.41, 5.74) is 1.16. The fourth-order valence-corrected chi connectivity index (χ4v) is 4.89. The number of rotatable bonds is 6. The van der Waals surface area contributed by atoms with Gasteiger partial charge in [-0.3, -0.25) is 19.1 Å². The summed E-state index contributed by atoms with van der Waals surface area (Å²) in [4.78, 5) is 43.4. The highest BCUT2D eigenvalue weighted by Crippen LogP contribution is 2.29. The largest absolute Gasteiger partial charge is 0.477 e. The van der Waals surface area contributed by atoms with Crippen LogP contribution in [0.5, 0.6) is 0 Å². The summed E-state index contributed by atoms with van der Waals surface area (Å²) in [6.07, 6.45) is 6.13. The Bertz CT molecular complexity index is 1270. The summed E-state index contributed by atoms with van der Waals surface area (Å²) >= 11 is 0. The molecular weight excluding hydrogens is 427 g/mol. The molecule has 9 heteroatoms. The average Bonchev–Trinajstić information content (AvgIpc) is 3.41. The summed E-state index contributed by atoms with van der Waals surface area (Å²) in [6, 6.07) is 9.17. The zero-order valence-electron chi connectivity index (χ0n) is 18.1. The molecule has 1 amide bonds. The first kappa shape index (κ1) is 21.4. The van der Waals surface area contributed by atoms with E-state index in [4.69, 9.17) is 0 Å². The van der Waals surface area contributed by atoms with Crippen LogP contribution in [0.25, 0.3) is 16.9 Å². The minimum Gasteiger partial charge on any atom is -0.477 e. The number of H-pyrrole nitrogens is 1. The van der Waals surface area contributed by atoms with Crippen LogP contribution in [0.4, 0.5) is 4.39 Å². The third-order valence-electron chi connectivity index (χ3n) is 6.76. The number of hydrogen-bond acceptors (Lipinski definition) is 4. The summed E-state index contributed by atoms with van der Waals surface area (Å²) in [5, 5.41) is 12.1. The van der Waals surface area contributed by atoms with Crippen molar-refractivity contribution in [1.29, 1.82) is 0 Å². The zero-order valence-corrected chi connectivity index (χ0v) is 18.1. The molecule has 1 saturated carbocycles. The van der Waals surface area contributed by atoms with Gasteiger partial charge in [-0.05, 0) is 17.9 Å². The van der Waals surface area contributed by atoms with Gasteiger partial charge in [0.15, 0.2) is 11.3 Å². The van der Waals surface area contributed by atoms with Gasteiger partial charge in [-0.15, -0.1) is 0 Å². The molecule has 1 aromatic carbocycles. The first-order valence-electron chi connectivity index (χ1n) is 11.3. The van der Waals surface area contributed by atoms with E-state index < -0.39 is 29.8 Å². The maximum atomic E-state index is 13.0. The molecule has 2 aliphatic rings. The Labute approximate surface area is 189 Å². The standard InChI is InChI=1S/C24H25FN4O4/c25-11-16-12-28(13-16)23(31)20-21(24(32)33)27-29-19(30)10-18(26-22(20)29)17-7-5-15(6-8-17)9-14-3-1-2-4-14/h5-8,10,14,16,27H,1-4,9,11-13H2,(H,32,33). The van der Waals surface area contributed by atoms with E-state index in [2.05, 4.69) is 10.1 Å². The van der Waals surface area contributed by atoms with E-state index in [1.54, 1.807) is 0 Å². The average molecular weight is 452 g/mol. The highest BCUT2D eigenvalue weighted by molar-refractivity contribution is 6.08. The van der Waals surface area contributed by atoms with Gasteiger partial charge in [-0.2, -0.15) is 0 Å². The number of nitrogens with one attached hydrogen (secondary N) is 1. The molecule has 0 radical (unpaired) electrons. The van der Waals surface area contributed by atoms with Gasteiger partial charge in [-0.25, -0.2) is 14.3 Å². The van der Waals surface area contributed by atoms with Gasteiger partial charge in [0, 0.05) is 30.6 Å². The van der Waals surface area contributed by atoms with E-state index in [-0.39, 0.29) is 30.2 Å². The van der Waals surface area contributed by atoms with Gasteiger partial charge in [-0.1, -0.05) is 49.9 Å². The van der Waals surface area contributed by atoms with Gasteiger partial charge >= 0.3 is 5.97 Å². The van der Waals surface area contributed by atoms with E-state index in [0.717, 1.165) is 16.9 Å². The molecule has 3 heterocycles. The molecular formula is C24H25FN4O4. The third-order valence-corrected chi connectivity index (χ3v) is 6.76. The fourth-order valence-electron chi connectivity index (χ4n) is 4.89. The van der Waals surface area contributed by atoms with Gasteiger partial charge in [0.1, 0.15) is 5.56 Å². The second kappa shape index (κ2) is 8.46. The third kappa shape index (κ3) is 3.92. The van der Waals surface area contributed by atoms with Crippen LogP contribution in [0.3, 0.4) is 0 Å². The Hall–Kier alpha value is -3.49. The number of aromatic nitrogens is 3. The molecule has 0 atom stereocenters. The molecule has 1 aliphatic carbocycles. The number of benzene rings is 1. The lowest BCUT2D eigenvalue weighted by Crippen LogP contribution is -2.51. The topological polar surface area (TPSA) is 108 Å². The van der Waals surface area contributed by atoms with E-state index in [0.29, 0.717) is 11.3 Å². The summed E-state index contributed by atoms with van der Waals surface area (Å²) in [6.45, 7) is -0.127. The summed E-state index contributed by atoms with van der Waals surface area (Å²) < 4.78 is 13.8. The van der Waals surface area contributed by atoms with Crippen LogP contribution in [0.2, 0.25) is 0 Å². The van der Waals surface area contributed by atoms with Crippen molar-refractivity contribution in [2.75, 3.05) is 19.8 Å². The van der Waals surface area contributed by atoms with Crippen LogP contribution in [-0.4, -0.2) is 56.2 Å². The molecule has 1 saturated heterocycles. The van der Waals surface area contributed by atoms with Crippen molar-refractivity contribution in [2.24, 2.45) is 11.8 Å². The van der Waals surface area contributed by atoms with E-state index in [1.807, 2.05) is 24.3 Å². The SMILES string of the molecule is O=C(O)c1[nH]n2c(=O)cc(-c3ccc(CC4CCCC4)cc3)nc2c1C(=O)N1CC(CF)C1. The first-order valence-corrected chi connectivity index (χ1v) is 11.3. The van der Waals surface area contributed by atoms with Crippen LogP contribution in [0, 0.1) is 11.8 Å². The molecule has 5 rings (SSSR count). The summed E-state index contributed by atoms with van der Waals surface area (Å²) in [7, 11) is 0. The normalized spacial score (nSPS) is 16.9. The second-order valence-electron chi connectivity index (χ2n) is 9.09. The van der Waals surface area contributed by atoms with Crippen molar-refractivity contribution in [1.82, 2.24) is 19.5 Å². The van der Waals surface area contributed by atoms with Crippen molar-refractivity contribution < 1.29 is 19.1 Å². The number of halogens is 1. The Kier molecular flexibility index (Phi) is 5.47. The molecule has 8 nitrogen and oxygen atoms in total. The molecule has 2 fully saturated rings. The van der Waals surface area contributed by atoms with Crippen LogP contribution in [0.1, 0.15) is 52.1 Å². The molecule has 2 aromatic heterocycles. The molecule has 3 aromatic rings. The van der Waals surface area contributed by atoms with E-state index >= 15 is 0 Å². The number of aromatic amines is 1. The van der Waals surface area contributed by atoms with E-state index in [9.17, 15) is 23.9 Å². The number of likely N-dealkylation sites (tertiary alicyclic amines) is 1. The van der Waals surface area contributed by atoms with Gasteiger partial charge in [0.05, 0.1) is 12.4 Å². The number of carboxylic acids is 1. The fraction of sp³-hybridized carbons (Fsp3) is 0.417. The van der Waals surface area contributed by atoms with Crippen molar-refractivity contribution in [3.63, 3.8) is 0 Å². The molecule has 1 aliphatic heterocycles. The zero-order chi connectivity index (χ0) is 23.1. The Morgan fingerprint density at radius 1 is 1.12 bits per heavy atom. The lowest BCUT2D eigenvalue weighted by Gasteiger charge is -2.37. The highest BCUT2D eigenvalue weighted by atomic mass is 19.1. The molecule has 0 spiro atoms. The van der Waals surface area contributed by atoms with Gasteiger partial charge < -0.3 is 10.0 Å².